The Morgan fingerprint density at radius 1 is 1.33 bits per heavy atom. The molecule has 0 aliphatic rings. The molecule has 0 radical (unpaired) electrons. The molecule has 2 amide bonds. The standard InChI is InChI=1S/C9H19NO3S.C3H6.CH3NOS/c1-3-8(7-10-9(11)14)13-6-5-12-4-2;1-3-2;2-1(3)4/h8H,3-7H2,1-2H3,(H2,10,11,14);3H,1H2,2H3;(H3,2,3,4). The topological polar surface area (TPSA) is 90.7 Å². The molecule has 1 unspecified atom stereocenters. The molecule has 0 aliphatic heterocycles. The Balaban J connectivity index is -0.000000386. The van der Waals surface area contributed by atoms with Crippen LogP contribution in [0.1, 0.15) is 27.2 Å². The molecule has 0 spiro atoms. The van der Waals surface area contributed by atoms with Crippen molar-refractivity contribution in [2.75, 3.05) is 26.4 Å². The van der Waals surface area contributed by atoms with Crippen molar-refractivity contribution in [1.29, 1.82) is 0 Å². The van der Waals surface area contributed by atoms with E-state index in [2.05, 4.69) is 42.9 Å². The highest BCUT2D eigenvalue weighted by Gasteiger charge is 2.06. The maximum Gasteiger partial charge on any atom is 0.276 e. The summed E-state index contributed by atoms with van der Waals surface area (Å²) >= 11 is 6.71. The quantitative estimate of drug-likeness (QED) is 0.311. The lowest BCUT2D eigenvalue weighted by atomic mass is 10.3. The molecule has 0 saturated carbocycles. The smallest absolute Gasteiger partial charge is 0.276 e. The van der Waals surface area contributed by atoms with Crippen LogP contribution in [0.3, 0.4) is 0 Å². The molecule has 0 aromatic carbocycles. The Hall–Kier alpha value is -0.700. The SMILES string of the molecule is C=CC.CCOCCOC(CC)CNC(=O)S.NC(=O)S. The molecule has 126 valence electrons. The number of carbonyl (C=O) groups excluding carboxylic acids is 2. The van der Waals surface area contributed by atoms with Crippen molar-refractivity contribution in [3.63, 3.8) is 0 Å². The monoisotopic (exact) mass is 340 g/mol. The number of thiol groups is 2. The van der Waals surface area contributed by atoms with Crippen LogP contribution in [-0.4, -0.2) is 42.9 Å². The van der Waals surface area contributed by atoms with E-state index in [1.807, 2.05) is 20.8 Å². The second kappa shape index (κ2) is 21.6. The minimum atomic E-state index is -0.639. The summed E-state index contributed by atoms with van der Waals surface area (Å²) < 4.78 is 10.6. The lowest BCUT2D eigenvalue weighted by Crippen LogP contribution is -2.31. The van der Waals surface area contributed by atoms with E-state index >= 15 is 0 Å². The predicted octanol–water partition coefficient (Wildman–Crippen LogP) is 2.64. The van der Waals surface area contributed by atoms with Gasteiger partial charge in [0, 0.05) is 13.2 Å². The maximum atomic E-state index is 10.5. The van der Waals surface area contributed by atoms with Gasteiger partial charge in [-0.2, -0.15) is 0 Å². The van der Waals surface area contributed by atoms with Crippen LogP contribution in [0.15, 0.2) is 12.7 Å². The Bertz CT molecular complexity index is 263. The number of allylic oxidation sites excluding steroid dienone is 1. The molecule has 3 N–H and O–H groups in total. The van der Waals surface area contributed by atoms with Gasteiger partial charge in [0.15, 0.2) is 0 Å². The molecule has 0 fully saturated rings. The van der Waals surface area contributed by atoms with E-state index in [0.717, 1.165) is 6.42 Å². The molecule has 21 heavy (non-hydrogen) atoms. The first kappa shape index (κ1) is 25.3. The Labute approximate surface area is 138 Å². The van der Waals surface area contributed by atoms with E-state index < -0.39 is 5.24 Å². The Morgan fingerprint density at radius 3 is 2.14 bits per heavy atom. The van der Waals surface area contributed by atoms with E-state index in [1.165, 1.54) is 0 Å². The summed E-state index contributed by atoms with van der Waals surface area (Å²) in [5.41, 5.74) is 4.34. The molecule has 0 aromatic heterocycles. The van der Waals surface area contributed by atoms with Gasteiger partial charge in [0.2, 0.25) is 0 Å². The molecule has 6 nitrogen and oxygen atoms in total. The van der Waals surface area contributed by atoms with Gasteiger partial charge in [-0.15, -0.1) is 6.58 Å². The predicted molar refractivity (Wildman–Crippen MR) is 93.3 cm³/mol. The van der Waals surface area contributed by atoms with Gasteiger partial charge in [-0.1, -0.05) is 38.3 Å². The van der Waals surface area contributed by atoms with Gasteiger partial charge in [0.25, 0.3) is 10.5 Å². The molecule has 0 aromatic rings. The van der Waals surface area contributed by atoms with E-state index in [1.54, 1.807) is 6.08 Å². The van der Waals surface area contributed by atoms with Gasteiger partial charge in [-0.25, -0.2) is 0 Å². The molecule has 0 bridgehead atoms. The number of carbonyl (C=O) groups is 2. The number of primary amides is 1. The third-order valence-electron chi connectivity index (χ3n) is 1.72. The number of ether oxygens (including phenoxy) is 2. The van der Waals surface area contributed by atoms with Crippen molar-refractivity contribution in [3.8, 4) is 0 Å². The molecule has 0 rings (SSSR count). The third-order valence-corrected chi connectivity index (χ3v) is 1.88. The fourth-order valence-corrected chi connectivity index (χ4v) is 1.03. The van der Waals surface area contributed by atoms with Crippen LogP contribution in [0.25, 0.3) is 0 Å². The second-order valence-corrected chi connectivity index (χ2v) is 4.38. The fraction of sp³-hybridized carbons (Fsp3) is 0.692. The number of nitrogens with two attached hydrogens (primary N) is 1. The third kappa shape index (κ3) is 38.2. The van der Waals surface area contributed by atoms with Crippen LogP contribution in [0, 0.1) is 0 Å². The van der Waals surface area contributed by atoms with Gasteiger partial charge in [0.05, 0.1) is 19.3 Å². The highest BCUT2D eigenvalue weighted by atomic mass is 32.1. The first-order valence-corrected chi connectivity index (χ1v) is 7.46. The summed E-state index contributed by atoms with van der Waals surface area (Å²) in [6, 6.07) is 0. The second-order valence-electron chi connectivity index (χ2n) is 3.53. The molecule has 0 aliphatic carbocycles. The van der Waals surface area contributed by atoms with Crippen molar-refractivity contribution < 1.29 is 19.1 Å². The van der Waals surface area contributed by atoms with E-state index in [0.29, 0.717) is 26.4 Å². The van der Waals surface area contributed by atoms with Crippen LogP contribution in [0.2, 0.25) is 0 Å². The van der Waals surface area contributed by atoms with Crippen LogP contribution in [-0.2, 0) is 9.47 Å². The van der Waals surface area contributed by atoms with Gasteiger partial charge < -0.3 is 20.5 Å². The zero-order valence-electron chi connectivity index (χ0n) is 13.0. The summed E-state index contributed by atoms with van der Waals surface area (Å²) in [6.07, 6.45) is 2.66. The minimum Gasteiger partial charge on any atom is -0.379 e. The Morgan fingerprint density at radius 2 is 1.81 bits per heavy atom. The molecule has 8 heteroatoms. The summed E-state index contributed by atoms with van der Waals surface area (Å²) in [5, 5.41) is 1.64. The Kier molecular flexibility index (Phi) is 26.0. The van der Waals surface area contributed by atoms with Gasteiger partial charge in [-0.05, 0) is 20.3 Å². The number of amides is 2. The van der Waals surface area contributed by atoms with Crippen molar-refractivity contribution in [2.45, 2.75) is 33.3 Å². The van der Waals surface area contributed by atoms with Crippen molar-refractivity contribution in [3.05, 3.63) is 12.7 Å². The van der Waals surface area contributed by atoms with Crippen molar-refractivity contribution in [1.82, 2.24) is 5.32 Å². The number of nitrogens with one attached hydrogen (secondary N) is 1. The highest BCUT2D eigenvalue weighted by Crippen LogP contribution is 1.96. The van der Waals surface area contributed by atoms with Crippen molar-refractivity contribution in [2.24, 2.45) is 5.73 Å². The average Bonchev–Trinajstić information content (AvgIpc) is 2.38. The summed E-state index contributed by atoms with van der Waals surface area (Å²) in [5.74, 6) is 0. The number of hydrogen-bond donors (Lipinski definition) is 4. The molecule has 1 atom stereocenters. The summed E-state index contributed by atoms with van der Waals surface area (Å²) in [7, 11) is 0. The number of rotatable bonds is 8. The van der Waals surface area contributed by atoms with Gasteiger partial charge in [0.1, 0.15) is 0 Å². The molecule has 0 heterocycles. The number of hydrogen-bond acceptors (Lipinski definition) is 4. The summed E-state index contributed by atoms with van der Waals surface area (Å²) in [6.45, 7) is 11.6. The zero-order valence-corrected chi connectivity index (χ0v) is 14.8. The average molecular weight is 341 g/mol. The normalized spacial score (nSPS) is 10.1. The van der Waals surface area contributed by atoms with E-state index in [9.17, 15) is 4.79 Å². The van der Waals surface area contributed by atoms with Crippen molar-refractivity contribution >= 4 is 35.7 Å². The largest absolute Gasteiger partial charge is 0.379 e. The molecular formula is C13H28N2O4S2. The van der Waals surface area contributed by atoms with Crippen LogP contribution < -0.4 is 11.1 Å². The van der Waals surface area contributed by atoms with Gasteiger partial charge >= 0.3 is 0 Å². The molecule has 0 saturated heterocycles. The fourth-order valence-electron chi connectivity index (χ4n) is 0.940. The lowest BCUT2D eigenvalue weighted by Gasteiger charge is -2.15. The lowest BCUT2D eigenvalue weighted by molar-refractivity contribution is 0.00789. The van der Waals surface area contributed by atoms with Gasteiger partial charge in [-0.3, -0.25) is 9.59 Å². The van der Waals surface area contributed by atoms with E-state index in [-0.39, 0.29) is 11.3 Å². The maximum absolute atomic E-state index is 10.5. The van der Waals surface area contributed by atoms with E-state index in [4.69, 9.17) is 14.3 Å². The van der Waals surface area contributed by atoms with Crippen LogP contribution in [0.4, 0.5) is 9.59 Å². The minimum absolute atomic E-state index is 0.0477. The first-order chi connectivity index (χ1) is 9.85. The molecular weight excluding hydrogens is 312 g/mol. The van der Waals surface area contributed by atoms with Crippen LogP contribution >= 0.6 is 25.3 Å². The van der Waals surface area contributed by atoms with Crippen LogP contribution in [0.5, 0.6) is 0 Å². The zero-order chi connectivity index (χ0) is 17.1. The summed E-state index contributed by atoms with van der Waals surface area (Å²) in [4.78, 5) is 19.6. The first-order valence-electron chi connectivity index (χ1n) is 6.57. The highest BCUT2D eigenvalue weighted by molar-refractivity contribution is 7.96.